The van der Waals surface area contributed by atoms with Crippen molar-refractivity contribution in [1.29, 1.82) is 0 Å². The molecule has 2 aromatic rings. The zero-order chi connectivity index (χ0) is 15.6. The first-order valence-electron chi connectivity index (χ1n) is 5.74. The molecule has 0 saturated heterocycles. The van der Waals surface area contributed by atoms with Crippen molar-refractivity contribution in [3.63, 3.8) is 0 Å². The Morgan fingerprint density at radius 3 is 2.33 bits per heavy atom. The molecule has 0 radical (unpaired) electrons. The highest BCUT2D eigenvalue weighted by molar-refractivity contribution is 6.45. The Labute approximate surface area is 141 Å². The van der Waals surface area contributed by atoms with Gasteiger partial charge >= 0.3 is 5.97 Å². The summed E-state index contributed by atoms with van der Waals surface area (Å²) >= 11 is 24.3. The summed E-state index contributed by atoms with van der Waals surface area (Å²) in [6.07, 6.45) is 2.44. The fraction of sp³-hybridized carbons (Fsp3) is 0. The van der Waals surface area contributed by atoms with Crippen LogP contribution in [0.25, 0.3) is 17.2 Å². The van der Waals surface area contributed by atoms with Gasteiger partial charge in [0.1, 0.15) is 0 Å². The van der Waals surface area contributed by atoms with E-state index >= 15 is 0 Å². The summed E-state index contributed by atoms with van der Waals surface area (Å²) in [6.45, 7) is 0. The molecule has 0 spiro atoms. The molecule has 2 rings (SSSR count). The van der Waals surface area contributed by atoms with Crippen molar-refractivity contribution in [3.05, 3.63) is 62.1 Å². The van der Waals surface area contributed by atoms with Crippen molar-refractivity contribution in [2.24, 2.45) is 0 Å². The molecular formula is C15H8Cl4O2. The van der Waals surface area contributed by atoms with E-state index in [1.165, 1.54) is 6.08 Å². The third-order valence-electron chi connectivity index (χ3n) is 2.71. The minimum atomic E-state index is -1.04. The molecule has 0 aliphatic heterocycles. The predicted octanol–water partition coefficient (Wildman–Crippen LogP) is 6.07. The molecule has 6 heteroatoms. The zero-order valence-electron chi connectivity index (χ0n) is 10.4. The minimum Gasteiger partial charge on any atom is -0.478 e. The monoisotopic (exact) mass is 360 g/mol. The molecule has 2 nitrogen and oxygen atoms in total. The van der Waals surface area contributed by atoms with E-state index in [9.17, 15) is 4.79 Å². The van der Waals surface area contributed by atoms with E-state index in [-0.39, 0.29) is 0 Å². The van der Waals surface area contributed by atoms with Gasteiger partial charge in [-0.25, -0.2) is 4.79 Å². The quantitative estimate of drug-likeness (QED) is 0.532. The Morgan fingerprint density at radius 2 is 1.71 bits per heavy atom. The van der Waals surface area contributed by atoms with Gasteiger partial charge in [-0.3, -0.25) is 0 Å². The molecule has 0 saturated carbocycles. The second kappa shape index (κ2) is 6.71. The average molecular weight is 362 g/mol. The van der Waals surface area contributed by atoms with Gasteiger partial charge in [0.2, 0.25) is 0 Å². The number of aliphatic carboxylic acids is 1. The van der Waals surface area contributed by atoms with E-state index in [4.69, 9.17) is 51.5 Å². The zero-order valence-corrected chi connectivity index (χ0v) is 13.4. The number of carboxylic acid groups (broad SMARTS) is 1. The lowest BCUT2D eigenvalue weighted by Crippen LogP contribution is -1.87. The van der Waals surface area contributed by atoms with Gasteiger partial charge in [-0.2, -0.15) is 0 Å². The first-order valence-corrected chi connectivity index (χ1v) is 7.25. The SMILES string of the molecule is O=C(O)/C=C/c1ccc(-c2cc(Cl)cc(Cl)c2Cl)cc1Cl. The summed E-state index contributed by atoms with van der Waals surface area (Å²) in [4.78, 5) is 10.5. The van der Waals surface area contributed by atoms with Crippen LogP contribution < -0.4 is 0 Å². The van der Waals surface area contributed by atoms with Gasteiger partial charge in [0.25, 0.3) is 0 Å². The molecular weight excluding hydrogens is 354 g/mol. The Morgan fingerprint density at radius 1 is 1.00 bits per heavy atom. The normalized spacial score (nSPS) is 11.0. The highest BCUT2D eigenvalue weighted by Gasteiger charge is 2.10. The average Bonchev–Trinajstić information content (AvgIpc) is 2.41. The Kier molecular flexibility index (Phi) is 5.17. The molecule has 108 valence electrons. The van der Waals surface area contributed by atoms with Gasteiger partial charge < -0.3 is 5.11 Å². The molecule has 21 heavy (non-hydrogen) atoms. The van der Waals surface area contributed by atoms with Crippen LogP contribution in [0, 0.1) is 0 Å². The van der Waals surface area contributed by atoms with E-state index < -0.39 is 5.97 Å². The van der Waals surface area contributed by atoms with Gasteiger partial charge in [0, 0.05) is 21.7 Å². The lowest BCUT2D eigenvalue weighted by Gasteiger charge is -2.09. The number of carbonyl (C=O) groups is 1. The number of hydrogen-bond acceptors (Lipinski definition) is 1. The van der Waals surface area contributed by atoms with Crippen LogP contribution in [0.5, 0.6) is 0 Å². The van der Waals surface area contributed by atoms with Gasteiger partial charge in [-0.15, -0.1) is 0 Å². The molecule has 0 bridgehead atoms. The van der Waals surface area contributed by atoms with Crippen LogP contribution in [0.2, 0.25) is 20.1 Å². The van der Waals surface area contributed by atoms with Crippen LogP contribution in [0.1, 0.15) is 5.56 Å². The number of benzene rings is 2. The summed E-state index contributed by atoms with van der Waals surface area (Å²) in [5.74, 6) is -1.04. The van der Waals surface area contributed by atoms with E-state index in [0.717, 1.165) is 11.6 Å². The summed E-state index contributed by atoms with van der Waals surface area (Å²) < 4.78 is 0. The number of hydrogen-bond donors (Lipinski definition) is 1. The molecule has 0 atom stereocenters. The fourth-order valence-corrected chi connectivity index (χ4v) is 2.71. The summed E-state index contributed by atoms with van der Waals surface area (Å²) in [6, 6.07) is 8.38. The minimum absolute atomic E-state index is 0.352. The Bertz CT molecular complexity index is 739. The molecule has 0 aliphatic carbocycles. The van der Waals surface area contributed by atoms with Crippen LogP contribution in [-0.4, -0.2) is 11.1 Å². The lowest BCUT2D eigenvalue weighted by atomic mass is 10.0. The largest absolute Gasteiger partial charge is 0.478 e. The molecule has 0 aliphatic rings. The molecule has 0 aromatic heterocycles. The second-order valence-electron chi connectivity index (χ2n) is 4.16. The standard InChI is InChI=1S/C15H8Cl4O2/c16-10-6-11(15(19)13(18)7-10)9-2-1-8(12(17)5-9)3-4-14(20)21/h1-7H,(H,20,21)/b4-3+. The number of halogens is 4. The van der Waals surface area contributed by atoms with E-state index in [1.54, 1.807) is 30.3 Å². The number of rotatable bonds is 3. The van der Waals surface area contributed by atoms with Crippen molar-refractivity contribution in [2.75, 3.05) is 0 Å². The van der Waals surface area contributed by atoms with Crippen LogP contribution in [0.3, 0.4) is 0 Å². The molecule has 0 unspecified atom stereocenters. The van der Waals surface area contributed by atoms with Crippen molar-refractivity contribution in [3.8, 4) is 11.1 Å². The van der Waals surface area contributed by atoms with Crippen LogP contribution in [0.4, 0.5) is 0 Å². The maximum absolute atomic E-state index is 10.5. The van der Waals surface area contributed by atoms with Crippen LogP contribution in [0.15, 0.2) is 36.4 Å². The van der Waals surface area contributed by atoms with Gasteiger partial charge in [0.15, 0.2) is 0 Å². The summed E-state index contributed by atoms with van der Waals surface area (Å²) in [7, 11) is 0. The highest BCUT2D eigenvalue weighted by atomic mass is 35.5. The van der Waals surface area contributed by atoms with E-state index in [2.05, 4.69) is 0 Å². The maximum Gasteiger partial charge on any atom is 0.328 e. The van der Waals surface area contributed by atoms with E-state index in [0.29, 0.717) is 31.2 Å². The smallest absolute Gasteiger partial charge is 0.328 e. The second-order valence-corrected chi connectivity index (χ2v) is 5.79. The maximum atomic E-state index is 10.5. The van der Waals surface area contributed by atoms with Crippen molar-refractivity contribution >= 4 is 58.4 Å². The first kappa shape index (κ1) is 16.2. The first-order chi connectivity index (χ1) is 9.88. The molecule has 0 heterocycles. The van der Waals surface area contributed by atoms with Gasteiger partial charge in [-0.05, 0) is 35.4 Å². The predicted molar refractivity (Wildman–Crippen MR) is 88.6 cm³/mol. The van der Waals surface area contributed by atoms with Crippen molar-refractivity contribution in [2.45, 2.75) is 0 Å². The van der Waals surface area contributed by atoms with Gasteiger partial charge in [-0.1, -0.05) is 58.5 Å². The topological polar surface area (TPSA) is 37.3 Å². The van der Waals surface area contributed by atoms with Crippen LogP contribution >= 0.6 is 46.4 Å². The molecule has 2 aromatic carbocycles. The summed E-state index contributed by atoms with van der Waals surface area (Å²) in [5, 5.41) is 10.2. The van der Waals surface area contributed by atoms with E-state index in [1.807, 2.05) is 0 Å². The highest BCUT2D eigenvalue weighted by Crippen LogP contribution is 2.37. The molecule has 1 N–H and O–H groups in total. The molecule has 0 fully saturated rings. The Hall–Kier alpha value is -1.19. The van der Waals surface area contributed by atoms with Crippen molar-refractivity contribution < 1.29 is 9.90 Å². The number of carboxylic acids is 1. The van der Waals surface area contributed by atoms with Crippen LogP contribution in [-0.2, 0) is 4.79 Å². The fourth-order valence-electron chi connectivity index (χ4n) is 1.76. The lowest BCUT2D eigenvalue weighted by molar-refractivity contribution is -0.131. The van der Waals surface area contributed by atoms with Gasteiger partial charge in [0.05, 0.1) is 10.0 Å². The summed E-state index contributed by atoms with van der Waals surface area (Å²) in [5.41, 5.74) is 1.98. The van der Waals surface area contributed by atoms with Crippen molar-refractivity contribution in [1.82, 2.24) is 0 Å². The third kappa shape index (κ3) is 3.92. The Balaban J connectivity index is 2.48. The third-order valence-corrected chi connectivity index (χ3v) is 4.06. The molecule has 0 amide bonds.